The van der Waals surface area contributed by atoms with Gasteiger partial charge in [-0.25, -0.2) is 0 Å². The van der Waals surface area contributed by atoms with Gasteiger partial charge in [0.15, 0.2) is 34.5 Å². The van der Waals surface area contributed by atoms with Gasteiger partial charge < -0.3 is 29.5 Å². The zero-order valence-electron chi connectivity index (χ0n) is 22.7. The van der Waals surface area contributed by atoms with E-state index in [9.17, 15) is 15.3 Å². The van der Waals surface area contributed by atoms with Gasteiger partial charge in [-0.2, -0.15) is 0 Å². The van der Waals surface area contributed by atoms with Crippen LogP contribution in [0.5, 0.6) is 34.5 Å². The Morgan fingerprint density at radius 1 is 0.385 bits per heavy atom. The van der Waals surface area contributed by atoms with Crippen LogP contribution in [-0.2, 0) is 38.5 Å². The monoisotopic (exact) mass is 528 g/mol. The van der Waals surface area contributed by atoms with Gasteiger partial charge in [0.05, 0.1) is 21.3 Å². The number of aryl methyl sites for hydroxylation is 6. The molecule has 0 aliphatic rings. The number of hydrogen-bond donors (Lipinski definition) is 3. The van der Waals surface area contributed by atoms with Crippen molar-refractivity contribution >= 4 is 0 Å². The fraction of sp³-hybridized carbons (Fsp3) is 0.273. The molecule has 0 saturated carbocycles. The molecule has 0 aliphatic heterocycles. The van der Waals surface area contributed by atoms with Gasteiger partial charge in [-0.1, -0.05) is 36.4 Å². The molecule has 204 valence electrons. The second-order valence-electron chi connectivity index (χ2n) is 9.68. The largest absolute Gasteiger partial charge is 0.504 e. The van der Waals surface area contributed by atoms with Crippen molar-refractivity contribution in [2.45, 2.75) is 38.5 Å². The third kappa shape index (κ3) is 7.38. The second kappa shape index (κ2) is 13.0. The van der Waals surface area contributed by atoms with E-state index < -0.39 is 0 Å². The van der Waals surface area contributed by atoms with Crippen LogP contribution in [0, 0.1) is 0 Å². The molecule has 0 saturated heterocycles. The molecule has 0 heterocycles. The minimum Gasteiger partial charge on any atom is -0.504 e. The van der Waals surface area contributed by atoms with Crippen molar-refractivity contribution in [2.24, 2.45) is 0 Å². The predicted molar refractivity (Wildman–Crippen MR) is 153 cm³/mol. The van der Waals surface area contributed by atoms with Gasteiger partial charge in [0.1, 0.15) is 0 Å². The van der Waals surface area contributed by atoms with E-state index in [0.717, 1.165) is 55.2 Å². The molecule has 4 rings (SSSR count). The summed E-state index contributed by atoms with van der Waals surface area (Å²) in [5.41, 5.74) is 7.06. The molecule has 6 heteroatoms. The summed E-state index contributed by atoms with van der Waals surface area (Å²) < 4.78 is 15.8. The molecule has 0 bridgehead atoms. The number of methoxy groups -OCH3 is 3. The minimum absolute atomic E-state index is 0.141. The molecule has 0 radical (unpaired) electrons. The van der Waals surface area contributed by atoms with Crippen molar-refractivity contribution in [3.8, 4) is 34.5 Å². The maximum absolute atomic E-state index is 9.93. The lowest BCUT2D eigenvalue weighted by Gasteiger charge is -2.13. The fourth-order valence-corrected chi connectivity index (χ4v) is 4.77. The second-order valence-corrected chi connectivity index (χ2v) is 9.68. The van der Waals surface area contributed by atoms with Crippen molar-refractivity contribution < 1.29 is 29.5 Å². The van der Waals surface area contributed by atoms with Crippen LogP contribution < -0.4 is 14.2 Å². The van der Waals surface area contributed by atoms with Crippen LogP contribution in [0.2, 0.25) is 0 Å². The maximum atomic E-state index is 9.93. The summed E-state index contributed by atoms with van der Waals surface area (Å²) in [6.07, 6.45) is 5.04. The van der Waals surface area contributed by atoms with E-state index in [-0.39, 0.29) is 17.2 Å². The smallest absolute Gasteiger partial charge is 0.160 e. The number of benzene rings is 4. The quantitative estimate of drug-likeness (QED) is 0.203. The van der Waals surface area contributed by atoms with Gasteiger partial charge in [0.25, 0.3) is 0 Å². The highest BCUT2D eigenvalue weighted by molar-refractivity contribution is 5.44. The molecule has 0 atom stereocenters. The van der Waals surface area contributed by atoms with Crippen molar-refractivity contribution in [3.63, 3.8) is 0 Å². The average molecular weight is 529 g/mol. The van der Waals surface area contributed by atoms with Gasteiger partial charge in [-0.15, -0.1) is 0 Å². The maximum Gasteiger partial charge on any atom is 0.160 e. The summed E-state index contributed by atoms with van der Waals surface area (Å²) in [5.74, 6) is 1.87. The average Bonchev–Trinajstić information content (AvgIpc) is 2.95. The van der Waals surface area contributed by atoms with E-state index in [2.05, 4.69) is 18.2 Å². The van der Waals surface area contributed by atoms with Gasteiger partial charge in [0.2, 0.25) is 0 Å². The van der Waals surface area contributed by atoms with E-state index in [1.54, 1.807) is 39.5 Å². The summed E-state index contributed by atoms with van der Waals surface area (Å²) in [6, 6.07) is 23.3. The topological polar surface area (TPSA) is 88.4 Å². The lowest BCUT2D eigenvalue weighted by atomic mass is 9.94. The Bertz CT molecular complexity index is 1230. The first-order valence-corrected chi connectivity index (χ1v) is 13.1. The molecular formula is C33H36O6. The molecule has 0 amide bonds. The highest BCUT2D eigenvalue weighted by Gasteiger charge is 2.09. The number of ether oxygens (including phenoxy) is 3. The zero-order chi connectivity index (χ0) is 27.8. The summed E-state index contributed by atoms with van der Waals surface area (Å²) in [5, 5.41) is 29.8. The highest BCUT2D eigenvalue weighted by Crippen LogP contribution is 2.29. The van der Waals surface area contributed by atoms with Crippen molar-refractivity contribution in [3.05, 3.63) is 106 Å². The first-order chi connectivity index (χ1) is 18.9. The first-order valence-electron chi connectivity index (χ1n) is 13.1. The molecule has 4 aromatic rings. The van der Waals surface area contributed by atoms with Crippen LogP contribution in [0.4, 0.5) is 0 Å². The molecule has 4 aromatic carbocycles. The zero-order valence-corrected chi connectivity index (χ0v) is 22.7. The third-order valence-corrected chi connectivity index (χ3v) is 6.95. The van der Waals surface area contributed by atoms with Crippen LogP contribution in [0.3, 0.4) is 0 Å². The lowest BCUT2D eigenvalue weighted by molar-refractivity contribution is 0.373. The molecule has 0 spiro atoms. The molecule has 0 fully saturated rings. The minimum atomic E-state index is 0.141. The van der Waals surface area contributed by atoms with Gasteiger partial charge in [0, 0.05) is 0 Å². The van der Waals surface area contributed by atoms with Crippen molar-refractivity contribution in [2.75, 3.05) is 21.3 Å². The van der Waals surface area contributed by atoms with E-state index in [1.807, 2.05) is 36.4 Å². The van der Waals surface area contributed by atoms with E-state index in [4.69, 9.17) is 14.2 Å². The van der Waals surface area contributed by atoms with Crippen LogP contribution in [0.25, 0.3) is 0 Å². The van der Waals surface area contributed by atoms with Crippen LogP contribution in [0.1, 0.15) is 33.4 Å². The molecule has 0 aliphatic carbocycles. The predicted octanol–water partition coefficient (Wildman–Crippen LogP) is 6.18. The van der Waals surface area contributed by atoms with Crippen LogP contribution >= 0.6 is 0 Å². The molecular weight excluding hydrogens is 492 g/mol. The first kappa shape index (κ1) is 27.7. The number of phenolic OH excluding ortho intramolecular Hbond substituents is 3. The summed E-state index contributed by atoms with van der Waals surface area (Å²) in [7, 11) is 4.67. The Labute approximate surface area is 230 Å². The molecule has 39 heavy (non-hydrogen) atoms. The fourth-order valence-electron chi connectivity index (χ4n) is 4.77. The van der Waals surface area contributed by atoms with E-state index in [0.29, 0.717) is 17.2 Å². The molecule has 0 unspecified atom stereocenters. The Kier molecular flexibility index (Phi) is 9.21. The SMILES string of the molecule is COc1cc(CCc2cc(CCc3ccc(O)c(OC)c3)cc(CCc3ccc(O)c(OC)c3)c2)ccc1O. The number of rotatable bonds is 12. The van der Waals surface area contributed by atoms with E-state index in [1.165, 1.54) is 16.7 Å². The Morgan fingerprint density at radius 2 is 0.641 bits per heavy atom. The summed E-state index contributed by atoms with van der Waals surface area (Å²) >= 11 is 0. The lowest BCUT2D eigenvalue weighted by Crippen LogP contribution is -2.00. The number of hydrogen-bond acceptors (Lipinski definition) is 6. The van der Waals surface area contributed by atoms with Crippen LogP contribution in [-0.4, -0.2) is 36.6 Å². The summed E-state index contributed by atoms with van der Waals surface area (Å²) in [6.45, 7) is 0. The standard InChI is InChI=1S/C33H36O6/c1-37-31-19-22(10-13-28(31)34)4-7-25-16-26(8-5-23-11-14-29(35)32(20-23)38-2)18-27(17-25)9-6-24-12-15-30(36)33(21-24)39-3/h10-21,34-36H,4-9H2,1-3H3. The molecule has 6 nitrogen and oxygen atoms in total. The highest BCUT2D eigenvalue weighted by atomic mass is 16.5. The van der Waals surface area contributed by atoms with Crippen molar-refractivity contribution in [1.82, 2.24) is 0 Å². The molecule has 3 N–H and O–H groups in total. The van der Waals surface area contributed by atoms with E-state index >= 15 is 0 Å². The normalized spacial score (nSPS) is 10.8. The number of phenols is 3. The van der Waals surface area contributed by atoms with Crippen LogP contribution in [0.15, 0.2) is 72.8 Å². The Morgan fingerprint density at radius 3 is 0.897 bits per heavy atom. The Balaban J connectivity index is 1.53. The van der Waals surface area contributed by atoms with Gasteiger partial charge in [-0.3, -0.25) is 0 Å². The Hall–Kier alpha value is -4.32. The van der Waals surface area contributed by atoms with Crippen molar-refractivity contribution in [1.29, 1.82) is 0 Å². The molecule has 0 aromatic heterocycles. The summed E-state index contributed by atoms with van der Waals surface area (Å²) in [4.78, 5) is 0. The van der Waals surface area contributed by atoms with Gasteiger partial charge >= 0.3 is 0 Å². The number of aromatic hydroxyl groups is 3. The van der Waals surface area contributed by atoms with Gasteiger partial charge in [-0.05, 0) is 108 Å². The third-order valence-electron chi connectivity index (χ3n) is 6.95.